The van der Waals surface area contributed by atoms with E-state index < -0.39 is 0 Å². The third-order valence-corrected chi connectivity index (χ3v) is 7.20. The van der Waals surface area contributed by atoms with Crippen LogP contribution in [0.1, 0.15) is 67.9 Å². The lowest BCUT2D eigenvalue weighted by atomic mass is 9.86. The monoisotopic (exact) mass is 392 g/mol. The molecule has 3 nitrogen and oxygen atoms in total. The van der Waals surface area contributed by atoms with Gasteiger partial charge in [-0.3, -0.25) is 0 Å². The molecule has 2 aromatic rings. The summed E-state index contributed by atoms with van der Waals surface area (Å²) < 4.78 is 7.00. The number of piperidine rings is 1. The van der Waals surface area contributed by atoms with Gasteiger partial charge in [-0.1, -0.05) is 63.2 Å². The van der Waals surface area contributed by atoms with Gasteiger partial charge in [0.1, 0.15) is 12.6 Å². The summed E-state index contributed by atoms with van der Waals surface area (Å²) in [6, 6.07) is 19.7. The molecular weight excluding hydrogens is 358 g/mol. The molecule has 0 radical (unpaired) electrons. The number of nitrogens with zero attached hydrogens (tertiary/aromatic N) is 1. The van der Waals surface area contributed by atoms with Crippen LogP contribution in [0.2, 0.25) is 0 Å². The predicted octanol–water partition coefficient (Wildman–Crippen LogP) is 5.48. The van der Waals surface area contributed by atoms with Gasteiger partial charge in [-0.2, -0.15) is 0 Å². The molecule has 2 fully saturated rings. The number of rotatable bonds is 4. The maximum Gasteiger partial charge on any atom is 0.338 e. The molecule has 2 aromatic carbocycles. The van der Waals surface area contributed by atoms with Crippen molar-refractivity contribution in [1.29, 1.82) is 0 Å². The standard InChI is InChI=1S/C26H34NO2/c1-26(2,3)21-12-10-19(11-13-21)18-27(4)22-14-15-23(27)17-24(16-22)29-25(28)20-8-6-5-7-9-20/h5-13,22-24H,14-18H2,1-4H3/q+1/t22-,23+,24?,27?. The van der Waals surface area contributed by atoms with E-state index in [0.29, 0.717) is 17.6 Å². The first-order valence-corrected chi connectivity index (χ1v) is 11.0. The Hall–Kier alpha value is -2.13. The van der Waals surface area contributed by atoms with Crippen LogP contribution in [0.5, 0.6) is 0 Å². The van der Waals surface area contributed by atoms with Gasteiger partial charge < -0.3 is 9.22 Å². The molecule has 4 rings (SSSR count). The third-order valence-electron chi connectivity index (χ3n) is 7.20. The van der Waals surface area contributed by atoms with Crippen LogP contribution in [0.15, 0.2) is 54.6 Å². The zero-order valence-electron chi connectivity index (χ0n) is 18.2. The third kappa shape index (κ3) is 4.11. The topological polar surface area (TPSA) is 26.3 Å². The summed E-state index contributed by atoms with van der Waals surface area (Å²) in [5, 5.41) is 0. The Bertz CT molecular complexity index is 837. The Kier molecular flexibility index (Phi) is 5.29. The fourth-order valence-corrected chi connectivity index (χ4v) is 5.34. The van der Waals surface area contributed by atoms with Crippen molar-refractivity contribution in [1.82, 2.24) is 0 Å². The summed E-state index contributed by atoms with van der Waals surface area (Å²) in [6.45, 7) is 7.85. The molecule has 0 spiro atoms. The van der Waals surface area contributed by atoms with Crippen LogP contribution in [0, 0.1) is 0 Å². The summed E-state index contributed by atoms with van der Waals surface area (Å²) in [7, 11) is 2.41. The van der Waals surface area contributed by atoms with Crippen molar-refractivity contribution in [2.75, 3.05) is 7.05 Å². The van der Waals surface area contributed by atoms with Gasteiger partial charge in [-0.05, 0) is 23.1 Å². The second kappa shape index (κ2) is 7.60. The maximum atomic E-state index is 12.5. The Labute approximate surface area is 175 Å². The summed E-state index contributed by atoms with van der Waals surface area (Å²) in [6.07, 6.45) is 4.48. The number of benzene rings is 2. The van der Waals surface area contributed by atoms with Gasteiger partial charge >= 0.3 is 5.97 Å². The van der Waals surface area contributed by atoms with E-state index in [-0.39, 0.29) is 17.5 Å². The van der Waals surface area contributed by atoms with Crippen molar-refractivity contribution in [3.63, 3.8) is 0 Å². The van der Waals surface area contributed by atoms with E-state index in [0.717, 1.165) is 23.9 Å². The smallest absolute Gasteiger partial charge is 0.338 e. The Morgan fingerprint density at radius 3 is 2.10 bits per heavy atom. The first-order valence-electron chi connectivity index (χ1n) is 11.0. The zero-order chi connectivity index (χ0) is 20.6. The largest absolute Gasteiger partial charge is 0.458 e. The molecule has 0 aromatic heterocycles. The molecular formula is C26H34NO2+. The van der Waals surface area contributed by atoms with E-state index in [2.05, 4.69) is 52.1 Å². The van der Waals surface area contributed by atoms with Crippen LogP contribution in [0.3, 0.4) is 0 Å². The summed E-state index contributed by atoms with van der Waals surface area (Å²) in [5.74, 6) is -0.177. The van der Waals surface area contributed by atoms with Gasteiger partial charge in [0.25, 0.3) is 0 Å². The molecule has 2 unspecified atom stereocenters. The number of ether oxygens (including phenoxy) is 1. The Morgan fingerprint density at radius 2 is 1.55 bits per heavy atom. The Balaban J connectivity index is 1.42. The van der Waals surface area contributed by atoms with Crippen LogP contribution in [-0.2, 0) is 16.7 Å². The molecule has 0 aliphatic carbocycles. The number of fused-ring (bicyclic) bond motifs is 2. The average molecular weight is 393 g/mol. The van der Waals surface area contributed by atoms with Gasteiger partial charge in [0.05, 0.1) is 24.7 Å². The molecule has 0 N–H and O–H groups in total. The normalized spacial score (nSPS) is 28.9. The van der Waals surface area contributed by atoms with Gasteiger partial charge in [-0.25, -0.2) is 4.79 Å². The lowest BCUT2D eigenvalue weighted by molar-refractivity contribution is -0.961. The second-order valence-corrected chi connectivity index (χ2v) is 10.2. The SMILES string of the molecule is CC(C)(C)c1ccc(C[N+]2(C)[C@@H]3CC[C@H]2CC(OC(=O)c2ccccc2)C3)cc1. The molecule has 2 heterocycles. The fraction of sp³-hybridized carbons (Fsp3) is 0.500. The summed E-state index contributed by atoms with van der Waals surface area (Å²) in [5.41, 5.74) is 3.65. The highest BCUT2D eigenvalue weighted by Crippen LogP contribution is 2.43. The van der Waals surface area contributed by atoms with Gasteiger partial charge in [-0.15, -0.1) is 0 Å². The predicted molar refractivity (Wildman–Crippen MR) is 117 cm³/mol. The lowest BCUT2D eigenvalue weighted by Gasteiger charge is -2.47. The lowest BCUT2D eigenvalue weighted by Crippen LogP contribution is -2.58. The average Bonchev–Trinajstić information content (AvgIpc) is 2.85. The molecule has 4 atom stereocenters. The molecule has 2 saturated heterocycles. The number of hydrogen-bond acceptors (Lipinski definition) is 2. The zero-order valence-corrected chi connectivity index (χ0v) is 18.2. The van der Waals surface area contributed by atoms with E-state index >= 15 is 0 Å². The maximum absolute atomic E-state index is 12.5. The highest BCUT2D eigenvalue weighted by atomic mass is 16.5. The highest BCUT2D eigenvalue weighted by Gasteiger charge is 2.52. The van der Waals surface area contributed by atoms with Crippen molar-refractivity contribution in [3.8, 4) is 0 Å². The number of esters is 1. The number of hydrogen-bond donors (Lipinski definition) is 0. The quantitative estimate of drug-likeness (QED) is 0.509. The van der Waals surface area contributed by atoms with Crippen LogP contribution >= 0.6 is 0 Å². The molecule has 2 bridgehead atoms. The number of quaternary nitrogens is 1. The van der Waals surface area contributed by atoms with Gasteiger partial charge in [0.15, 0.2) is 0 Å². The van der Waals surface area contributed by atoms with Crippen molar-refractivity contribution >= 4 is 5.97 Å². The van der Waals surface area contributed by atoms with Crippen LogP contribution in [-0.4, -0.2) is 35.7 Å². The van der Waals surface area contributed by atoms with E-state index in [1.165, 1.54) is 24.0 Å². The van der Waals surface area contributed by atoms with Gasteiger partial charge in [0, 0.05) is 31.2 Å². The van der Waals surface area contributed by atoms with Crippen molar-refractivity contribution in [2.24, 2.45) is 0 Å². The molecule has 0 amide bonds. The first-order chi connectivity index (χ1) is 13.8. The number of carbonyl (C=O) groups is 1. The van der Waals surface area contributed by atoms with Crippen LogP contribution < -0.4 is 0 Å². The van der Waals surface area contributed by atoms with E-state index in [1.54, 1.807) is 0 Å². The van der Waals surface area contributed by atoms with Crippen LogP contribution in [0.25, 0.3) is 0 Å². The van der Waals surface area contributed by atoms with E-state index in [4.69, 9.17) is 4.74 Å². The highest BCUT2D eigenvalue weighted by molar-refractivity contribution is 5.89. The summed E-state index contributed by atoms with van der Waals surface area (Å²) >= 11 is 0. The minimum atomic E-state index is -0.177. The summed E-state index contributed by atoms with van der Waals surface area (Å²) in [4.78, 5) is 12.5. The first kappa shape index (κ1) is 20.2. The second-order valence-electron chi connectivity index (χ2n) is 10.2. The van der Waals surface area contributed by atoms with Crippen molar-refractivity contribution in [3.05, 3.63) is 71.3 Å². The van der Waals surface area contributed by atoms with E-state index in [1.807, 2.05) is 30.3 Å². The minimum Gasteiger partial charge on any atom is -0.458 e. The molecule has 0 saturated carbocycles. The Morgan fingerprint density at radius 1 is 0.966 bits per heavy atom. The van der Waals surface area contributed by atoms with Crippen molar-refractivity contribution in [2.45, 2.75) is 76.6 Å². The van der Waals surface area contributed by atoms with Crippen molar-refractivity contribution < 1.29 is 14.0 Å². The minimum absolute atomic E-state index is 0.0506. The molecule has 3 heteroatoms. The number of carbonyl (C=O) groups excluding carboxylic acids is 1. The molecule has 154 valence electrons. The molecule has 2 aliphatic heterocycles. The molecule has 29 heavy (non-hydrogen) atoms. The van der Waals surface area contributed by atoms with E-state index in [9.17, 15) is 4.79 Å². The van der Waals surface area contributed by atoms with Crippen LogP contribution in [0.4, 0.5) is 0 Å². The fourth-order valence-electron chi connectivity index (χ4n) is 5.34. The molecule has 2 aliphatic rings. The van der Waals surface area contributed by atoms with Gasteiger partial charge in [0.2, 0.25) is 0 Å².